The van der Waals surface area contributed by atoms with Crippen LogP contribution in [-0.2, 0) is 0 Å². The summed E-state index contributed by atoms with van der Waals surface area (Å²) in [6.07, 6.45) is 19.7. The molecule has 2 heteroatoms. The average molecular weight is 301 g/mol. The highest BCUT2D eigenvalue weighted by atomic mass is 16.3. The molecule has 0 rings (SSSR count). The van der Waals surface area contributed by atoms with Crippen LogP contribution in [0.1, 0.15) is 110 Å². The molecular weight excluding hydrogens is 258 g/mol. The van der Waals surface area contributed by atoms with Gasteiger partial charge in [-0.05, 0) is 12.8 Å². The lowest BCUT2D eigenvalue weighted by Crippen LogP contribution is -2.65. The quantitative estimate of drug-likeness (QED) is 0.393. The summed E-state index contributed by atoms with van der Waals surface area (Å²) < 4.78 is 0. The summed E-state index contributed by atoms with van der Waals surface area (Å²) in [4.78, 5) is 0. The predicted octanol–water partition coefficient (Wildman–Crippen LogP) is 4.85. The van der Waals surface area contributed by atoms with Crippen molar-refractivity contribution in [2.24, 2.45) is 0 Å². The Morgan fingerprint density at radius 3 is 1.43 bits per heavy atom. The summed E-state index contributed by atoms with van der Waals surface area (Å²) in [5.41, 5.74) is 3.99. The first-order valence-electron chi connectivity index (χ1n) is 9.73. The zero-order valence-corrected chi connectivity index (χ0v) is 14.9. The molecule has 0 aliphatic rings. The number of aliphatic hydroxyl groups is 1. The highest BCUT2D eigenvalue weighted by molar-refractivity contribution is 4.63. The normalized spacial score (nSPS) is 14.3. The number of rotatable bonds is 16. The van der Waals surface area contributed by atoms with E-state index < -0.39 is 0 Å². The molecule has 2 atom stereocenters. The van der Waals surface area contributed by atoms with Crippen LogP contribution in [0.3, 0.4) is 0 Å². The van der Waals surface area contributed by atoms with Gasteiger partial charge in [-0.15, -0.1) is 0 Å². The third-order valence-electron chi connectivity index (χ3n) is 4.67. The van der Waals surface area contributed by atoms with E-state index in [1.807, 2.05) is 0 Å². The molecule has 0 aromatic rings. The van der Waals surface area contributed by atoms with E-state index in [-0.39, 0.29) is 12.1 Å². The van der Waals surface area contributed by atoms with Gasteiger partial charge in [0.2, 0.25) is 0 Å². The number of aliphatic hydroxyl groups excluding tert-OH is 1. The fourth-order valence-electron chi connectivity index (χ4n) is 2.88. The van der Waals surface area contributed by atoms with E-state index in [2.05, 4.69) is 19.6 Å². The van der Waals surface area contributed by atoms with Crippen molar-refractivity contribution in [3.8, 4) is 0 Å². The Balaban J connectivity index is 3.09. The molecule has 0 radical (unpaired) electrons. The molecule has 0 saturated heterocycles. The molecule has 21 heavy (non-hydrogen) atoms. The van der Waals surface area contributed by atoms with E-state index in [9.17, 15) is 5.11 Å². The van der Waals surface area contributed by atoms with Gasteiger partial charge in [-0.3, -0.25) is 0 Å². The van der Waals surface area contributed by atoms with Crippen LogP contribution in [0.5, 0.6) is 0 Å². The number of hydrogen-bond acceptors (Lipinski definition) is 1. The Morgan fingerprint density at radius 1 is 0.667 bits per heavy atom. The highest BCUT2D eigenvalue weighted by Gasteiger charge is 2.14. The standard InChI is InChI=1S/C19H41NO/c1-3-5-6-7-8-9-10-11-12-13-14-15-16-17-19(21)18(20)4-2/h18-19,21H,3-17,20H2,1-2H3/p+1/t18-,19+/m0/s1. The second kappa shape index (κ2) is 16.3. The van der Waals surface area contributed by atoms with E-state index >= 15 is 0 Å². The smallest absolute Gasteiger partial charge is 0.110 e. The maximum atomic E-state index is 9.83. The lowest BCUT2D eigenvalue weighted by molar-refractivity contribution is -0.438. The lowest BCUT2D eigenvalue weighted by atomic mass is 10.0. The number of quaternary nitrogens is 1. The predicted molar refractivity (Wildman–Crippen MR) is 93.3 cm³/mol. The molecule has 0 spiro atoms. The van der Waals surface area contributed by atoms with Crippen molar-refractivity contribution in [2.75, 3.05) is 0 Å². The second-order valence-corrected chi connectivity index (χ2v) is 6.77. The van der Waals surface area contributed by atoms with Crippen LogP contribution in [0.2, 0.25) is 0 Å². The molecule has 2 nitrogen and oxygen atoms in total. The monoisotopic (exact) mass is 300 g/mol. The zero-order valence-electron chi connectivity index (χ0n) is 14.9. The van der Waals surface area contributed by atoms with Crippen molar-refractivity contribution >= 4 is 0 Å². The molecule has 0 amide bonds. The third-order valence-corrected chi connectivity index (χ3v) is 4.67. The summed E-state index contributed by atoms with van der Waals surface area (Å²) in [7, 11) is 0. The molecule has 0 unspecified atom stereocenters. The SMILES string of the molecule is CCCCCCCCCCCCCCC[C@@H](O)[C@@H]([NH3+])CC. The van der Waals surface area contributed by atoms with Crippen molar-refractivity contribution < 1.29 is 10.8 Å². The van der Waals surface area contributed by atoms with Crippen LogP contribution in [0.25, 0.3) is 0 Å². The average Bonchev–Trinajstić information content (AvgIpc) is 2.50. The molecule has 0 heterocycles. The van der Waals surface area contributed by atoms with Crippen molar-refractivity contribution in [1.29, 1.82) is 0 Å². The van der Waals surface area contributed by atoms with Gasteiger partial charge in [0, 0.05) is 0 Å². The van der Waals surface area contributed by atoms with Gasteiger partial charge < -0.3 is 10.8 Å². The molecule has 0 saturated carbocycles. The molecule has 128 valence electrons. The molecule has 0 aliphatic heterocycles. The lowest BCUT2D eigenvalue weighted by Gasteiger charge is -2.13. The van der Waals surface area contributed by atoms with Gasteiger partial charge >= 0.3 is 0 Å². The topological polar surface area (TPSA) is 47.9 Å². The van der Waals surface area contributed by atoms with Crippen molar-refractivity contribution in [2.45, 2.75) is 122 Å². The van der Waals surface area contributed by atoms with Crippen LogP contribution >= 0.6 is 0 Å². The molecule has 4 N–H and O–H groups in total. The van der Waals surface area contributed by atoms with E-state index in [0.717, 1.165) is 12.8 Å². The largest absolute Gasteiger partial charge is 0.387 e. The highest BCUT2D eigenvalue weighted by Crippen LogP contribution is 2.13. The first-order valence-corrected chi connectivity index (χ1v) is 9.73. The first-order chi connectivity index (χ1) is 10.2. The zero-order chi connectivity index (χ0) is 15.8. The second-order valence-electron chi connectivity index (χ2n) is 6.77. The maximum absolute atomic E-state index is 9.83. The molecule has 0 aromatic carbocycles. The third kappa shape index (κ3) is 14.6. The Morgan fingerprint density at radius 2 is 1.05 bits per heavy atom. The van der Waals surface area contributed by atoms with Crippen LogP contribution < -0.4 is 5.73 Å². The van der Waals surface area contributed by atoms with Crippen LogP contribution in [0.15, 0.2) is 0 Å². The van der Waals surface area contributed by atoms with Gasteiger partial charge in [-0.1, -0.05) is 97.3 Å². The van der Waals surface area contributed by atoms with E-state index in [1.165, 1.54) is 83.5 Å². The summed E-state index contributed by atoms with van der Waals surface area (Å²) in [6.45, 7) is 4.38. The Hall–Kier alpha value is -0.0800. The van der Waals surface area contributed by atoms with Gasteiger partial charge in [-0.25, -0.2) is 0 Å². The molecular formula is C19H42NO+. The van der Waals surface area contributed by atoms with Crippen molar-refractivity contribution in [3.05, 3.63) is 0 Å². The van der Waals surface area contributed by atoms with Gasteiger partial charge in [0.15, 0.2) is 0 Å². The van der Waals surface area contributed by atoms with E-state index in [1.54, 1.807) is 0 Å². The summed E-state index contributed by atoms with van der Waals surface area (Å²) in [6, 6.07) is 0.224. The van der Waals surface area contributed by atoms with Crippen LogP contribution in [0, 0.1) is 0 Å². The van der Waals surface area contributed by atoms with Crippen molar-refractivity contribution in [3.63, 3.8) is 0 Å². The van der Waals surface area contributed by atoms with Crippen LogP contribution in [0.4, 0.5) is 0 Å². The van der Waals surface area contributed by atoms with Crippen molar-refractivity contribution in [1.82, 2.24) is 0 Å². The minimum absolute atomic E-state index is 0.178. The van der Waals surface area contributed by atoms with E-state index in [0.29, 0.717) is 0 Å². The number of unbranched alkanes of at least 4 members (excludes halogenated alkanes) is 12. The van der Waals surface area contributed by atoms with Gasteiger partial charge in [-0.2, -0.15) is 0 Å². The van der Waals surface area contributed by atoms with Gasteiger partial charge in [0.25, 0.3) is 0 Å². The Kier molecular flexibility index (Phi) is 16.2. The summed E-state index contributed by atoms with van der Waals surface area (Å²) >= 11 is 0. The molecule has 0 bridgehead atoms. The minimum Gasteiger partial charge on any atom is -0.387 e. The Labute approximate surface area is 133 Å². The summed E-state index contributed by atoms with van der Waals surface area (Å²) in [5, 5.41) is 9.83. The number of hydrogen-bond donors (Lipinski definition) is 2. The van der Waals surface area contributed by atoms with Gasteiger partial charge in [0.05, 0.1) is 0 Å². The van der Waals surface area contributed by atoms with Gasteiger partial charge in [0.1, 0.15) is 12.1 Å². The Bertz CT molecular complexity index is 196. The molecule has 0 aliphatic carbocycles. The molecule has 0 aromatic heterocycles. The molecule has 0 fully saturated rings. The minimum atomic E-state index is -0.178. The van der Waals surface area contributed by atoms with Crippen LogP contribution in [-0.4, -0.2) is 17.3 Å². The van der Waals surface area contributed by atoms with E-state index in [4.69, 9.17) is 0 Å². The summed E-state index contributed by atoms with van der Waals surface area (Å²) in [5.74, 6) is 0. The maximum Gasteiger partial charge on any atom is 0.110 e. The fourth-order valence-corrected chi connectivity index (χ4v) is 2.88. The fraction of sp³-hybridized carbons (Fsp3) is 1.00. The first kappa shape index (κ1) is 20.9.